The molecule has 1 aromatic rings. The smallest absolute Gasteiger partial charge is 0.117 e. The topological polar surface area (TPSA) is 25.2 Å². The van der Waals surface area contributed by atoms with Gasteiger partial charge in [0.2, 0.25) is 0 Å². The number of hydrogen-bond acceptors (Lipinski definition) is 3. The van der Waals surface area contributed by atoms with Crippen molar-refractivity contribution >= 4 is 11.8 Å². The SMILES string of the molecule is CC(C)CCSCCNCc1ccco1. The molecule has 0 spiro atoms. The molecule has 1 aromatic heterocycles. The van der Waals surface area contributed by atoms with Crippen LogP contribution >= 0.6 is 11.8 Å². The van der Waals surface area contributed by atoms with Crippen molar-refractivity contribution in [3.05, 3.63) is 24.2 Å². The first-order valence-corrected chi connectivity index (χ1v) is 6.75. The molecule has 1 N–H and O–H groups in total. The van der Waals surface area contributed by atoms with Gasteiger partial charge in [0.25, 0.3) is 0 Å². The van der Waals surface area contributed by atoms with Crippen molar-refractivity contribution in [3.63, 3.8) is 0 Å². The van der Waals surface area contributed by atoms with E-state index in [1.807, 2.05) is 23.9 Å². The van der Waals surface area contributed by atoms with Gasteiger partial charge in [-0.3, -0.25) is 0 Å². The average Bonchev–Trinajstić information content (AvgIpc) is 2.68. The lowest BCUT2D eigenvalue weighted by Crippen LogP contribution is -2.16. The van der Waals surface area contributed by atoms with E-state index in [4.69, 9.17) is 4.42 Å². The Hall–Kier alpha value is -0.410. The molecular weight excluding hydrogens is 206 g/mol. The molecule has 0 aliphatic rings. The van der Waals surface area contributed by atoms with E-state index in [0.717, 1.165) is 24.8 Å². The van der Waals surface area contributed by atoms with Gasteiger partial charge < -0.3 is 9.73 Å². The van der Waals surface area contributed by atoms with Gasteiger partial charge in [0, 0.05) is 12.3 Å². The Morgan fingerprint density at radius 3 is 2.93 bits per heavy atom. The van der Waals surface area contributed by atoms with Crippen LogP contribution in [0.15, 0.2) is 22.8 Å². The third kappa shape index (κ3) is 6.63. The number of hydrogen-bond donors (Lipinski definition) is 1. The predicted molar refractivity (Wildman–Crippen MR) is 67.2 cm³/mol. The Labute approximate surface area is 96.8 Å². The first-order valence-electron chi connectivity index (χ1n) is 5.60. The van der Waals surface area contributed by atoms with Crippen LogP contribution in [0.4, 0.5) is 0 Å². The normalized spacial score (nSPS) is 11.1. The highest BCUT2D eigenvalue weighted by molar-refractivity contribution is 7.99. The summed E-state index contributed by atoms with van der Waals surface area (Å²) in [6.45, 7) is 6.45. The Morgan fingerprint density at radius 2 is 2.27 bits per heavy atom. The lowest BCUT2D eigenvalue weighted by atomic mass is 10.2. The molecule has 0 aliphatic carbocycles. The molecule has 1 rings (SSSR count). The van der Waals surface area contributed by atoms with Gasteiger partial charge in [-0.15, -0.1) is 0 Å². The summed E-state index contributed by atoms with van der Waals surface area (Å²) in [5, 5.41) is 3.36. The minimum Gasteiger partial charge on any atom is -0.468 e. The van der Waals surface area contributed by atoms with E-state index in [1.54, 1.807) is 6.26 Å². The van der Waals surface area contributed by atoms with Crippen LogP contribution in [0.2, 0.25) is 0 Å². The van der Waals surface area contributed by atoms with Gasteiger partial charge in [0.15, 0.2) is 0 Å². The van der Waals surface area contributed by atoms with E-state index in [-0.39, 0.29) is 0 Å². The van der Waals surface area contributed by atoms with E-state index >= 15 is 0 Å². The van der Waals surface area contributed by atoms with Crippen LogP contribution in [-0.2, 0) is 6.54 Å². The second-order valence-corrected chi connectivity index (χ2v) is 5.28. The summed E-state index contributed by atoms with van der Waals surface area (Å²) in [5.74, 6) is 4.31. The van der Waals surface area contributed by atoms with Crippen molar-refractivity contribution in [2.45, 2.75) is 26.8 Å². The van der Waals surface area contributed by atoms with E-state index in [0.29, 0.717) is 0 Å². The monoisotopic (exact) mass is 227 g/mol. The van der Waals surface area contributed by atoms with E-state index in [1.165, 1.54) is 17.9 Å². The maximum absolute atomic E-state index is 5.22. The van der Waals surface area contributed by atoms with Gasteiger partial charge in [0.1, 0.15) is 5.76 Å². The maximum atomic E-state index is 5.22. The van der Waals surface area contributed by atoms with Gasteiger partial charge in [-0.2, -0.15) is 11.8 Å². The van der Waals surface area contributed by atoms with E-state index in [2.05, 4.69) is 19.2 Å². The van der Waals surface area contributed by atoms with Crippen molar-refractivity contribution < 1.29 is 4.42 Å². The zero-order chi connectivity index (χ0) is 10.9. The highest BCUT2D eigenvalue weighted by Gasteiger charge is 1.96. The number of furan rings is 1. The van der Waals surface area contributed by atoms with Crippen molar-refractivity contribution in [2.24, 2.45) is 5.92 Å². The third-order valence-electron chi connectivity index (χ3n) is 2.14. The Bertz CT molecular complexity index is 234. The Morgan fingerprint density at radius 1 is 1.40 bits per heavy atom. The van der Waals surface area contributed by atoms with Gasteiger partial charge >= 0.3 is 0 Å². The predicted octanol–water partition coefficient (Wildman–Crippen LogP) is 3.15. The number of thioether (sulfide) groups is 1. The molecule has 0 radical (unpaired) electrons. The molecule has 0 saturated carbocycles. The fourth-order valence-corrected chi connectivity index (χ4v) is 2.32. The highest BCUT2D eigenvalue weighted by atomic mass is 32.2. The fourth-order valence-electron chi connectivity index (χ4n) is 1.19. The van der Waals surface area contributed by atoms with Crippen molar-refractivity contribution in [3.8, 4) is 0 Å². The van der Waals surface area contributed by atoms with Crippen LogP contribution in [0, 0.1) is 5.92 Å². The van der Waals surface area contributed by atoms with Crippen LogP contribution in [-0.4, -0.2) is 18.1 Å². The molecular formula is C12H21NOS. The second-order valence-electron chi connectivity index (χ2n) is 4.05. The third-order valence-corrected chi connectivity index (χ3v) is 3.16. The molecule has 0 amide bonds. The van der Waals surface area contributed by atoms with Gasteiger partial charge in [-0.25, -0.2) is 0 Å². The highest BCUT2D eigenvalue weighted by Crippen LogP contribution is 2.07. The lowest BCUT2D eigenvalue weighted by Gasteiger charge is -2.05. The average molecular weight is 227 g/mol. The van der Waals surface area contributed by atoms with E-state index < -0.39 is 0 Å². The lowest BCUT2D eigenvalue weighted by molar-refractivity contribution is 0.488. The van der Waals surface area contributed by atoms with Crippen molar-refractivity contribution in [1.82, 2.24) is 5.32 Å². The zero-order valence-corrected chi connectivity index (χ0v) is 10.5. The van der Waals surface area contributed by atoms with Gasteiger partial charge in [0.05, 0.1) is 12.8 Å². The largest absolute Gasteiger partial charge is 0.468 e. The van der Waals surface area contributed by atoms with Crippen LogP contribution in [0.1, 0.15) is 26.0 Å². The van der Waals surface area contributed by atoms with Crippen molar-refractivity contribution in [1.29, 1.82) is 0 Å². The minimum atomic E-state index is 0.827. The van der Waals surface area contributed by atoms with E-state index in [9.17, 15) is 0 Å². The molecule has 0 atom stereocenters. The molecule has 1 heterocycles. The molecule has 0 bridgehead atoms. The molecule has 3 heteroatoms. The summed E-state index contributed by atoms with van der Waals surface area (Å²) in [7, 11) is 0. The summed E-state index contributed by atoms with van der Waals surface area (Å²) >= 11 is 2.03. The standard InChI is InChI=1S/C12H21NOS/c1-11(2)5-8-15-9-6-13-10-12-4-3-7-14-12/h3-4,7,11,13H,5-6,8-10H2,1-2H3. The van der Waals surface area contributed by atoms with Gasteiger partial charge in [-0.05, 0) is 30.2 Å². The Balaban J connectivity index is 1.85. The summed E-state index contributed by atoms with van der Waals surface area (Å²) in [6.07, 6.45) is 3.04. The summed E-state index contributed by atoms with van der Waals surface area (Å²) in [6, 6.07) is 3.92. The first kappa shape index (κ1) is 12.7. The fraction of sp³-hybridized carbons (Fsp3) is 0.667. The summed E-state index contributed by atoms with van der Waals surface area (Å²) < 4.78 is 5.22. The molecule has 0 unspecified atom stereocenters. The molecule has 0 fully saturated rings. The molecule has 0 aliphatic heterocycles. The van der Waals surface area contributed by atoms with Crippen LogP contribution in [0.3, 0.4) is 0 Å². The van der Waals surface area contributed by atoms with Crippen LogP contribution < -0.4 is 5.32 Å². The van der Waals surface area contributed by atoms with Gasteiger partial charge in [-0.1, -0.05) is 13.8 Å². The second kappa shape index (κ2) is 7.83. The summed E-state index contributed by atoms with van der Waals surface area (Å²) in [5.41, 5.74) is 0. The molecule has 2 nitrogen and oxygen atoms in total. The quantitative estimate of drug-likeness (QED) is 0.691. The number of nitrogens with one attached hydrogen (secondary N) is 1. The summed E-state index contributed by atoms with van der Waals surface area (Å²) in [4.78, 5) is 0. The molecule has 0 saturated heterocycles. The number of rotatable bonds is 8. The molecule has 86 valence electrons. The molecule has 0 aromatic carbocycles. The minimum absolute atomic E-state index is 0.827. The Kier molecular flexibility index (Phi) is 6.60. The van der Waals surface area contributed by atoms with Crippen LogP contribution in [0.5, 0.6) is 0 Å². The zero-order valence-electron chi connectivity index (χ0n) is 9.66. The van der Waals surface area contributed by atoms with Crippen LogP contribution in [0.25, 0.3) is 0 Å². The first-order chi connectivity index (χ1) is 7.29. The maximum Gasteiger partial charge on any atom is 0.117 e. The van der Waals surface area contributed by atoms with Crippen molar-refractivity contribution in [2.75, 3.05) is 18.1 Å². The molecule has 15 heavy (non-hydrogen) atoms.